The van der Waals surface area contributed by atoms with E-state index in [9.17, 15) is 5.26 Å². The number of benzene rings is 12. The van der Waals surface area contributed by atoms with Crippen molar-refractivity contribution >= 4 is 72.1 Å². The van der Waals surface area contributed by atoms with Crippen LogP contribution in [0.4, 0.5) is 48.6 Å². The number of nitrogens with zero attached hydrogens (tertiary/aromatic N) is 4. The molecule has 12 aromatic carbocycles. The molecule has 0 radical (unpaired) electrons. The van der Waals surface area contributed by atoms with Crippen LogP contribution in [-0.4, -0.2) is 0 Å². The lowest BCUT2D eigenvalue weighted by Gasteiger charge is -2.30. The molecule has 0 bridgehead atoms. The van der Waals surface area contributed by atoms with Crippen molar-refractivity contribution in [3.05, 3.63) is 271 Å². The minimum Gasteiger partial charge on any atom is -0.310 e. The Hall–Kier alpha value is -9.88. The largest absolute Gasteiger partial charge is 0.310 e. The molecule has 0 unspecified atom stereocenters. The molecule has 0 N–H and O–H groups in total. The minimum atomic E-state index is -0.358. The quantitative estimate of drug-likeness (QED) is 0.101. The molecular formula is C66H40F2N4. The lowest BCUT2D eigenvalue weighted by atomic mass is 9.91. The number of halogens is 2. The maximum atomic E-state index is 15.6. The van der Waals surface area contributed by atoms with Crippen molar-refractivity contribution < 1.29 is 8.78 Å². The van der Waals surface area contributed by atoms with Crippen LogP contribution >= 0.6 is 0 Å². The smallest absolute Gasteiger partial charge is 0.187 e. The van der Waals surface area contributed by atoms with Crippen LogP contribution in [0.15, 0.2) is 243 Å². The second kappa shape index (κ2) is 18.2. The number of anilines is 6. The van der Waals surface area contributed by atoms with E-state index < -0.39 is 0 Å². The zero-order valence-electron chi connectivity index (χ0n) is 38.6. The topological polar surface area (TPSA) is 34.6 Å². The molecule has 0 aliphatic rings. The Morgan fingerprint density at radius 1 is 0.361 bits per heavy atom. The molecule has 12 aromatic rings. The molecule has 0 aromatic heterocycles. The van der Waals surface area contributed by atoms with Crippen molar-refractivity contribution in [2.45, 2.75) is 0 Å². The number of hydrogen-bond acceptors (Lipinski definition) is 3. The molecule has 0 saturated carbocycles. The molecule has 0 fully saturated rings. The highest BCUT2D eigenvalue weighted by molar-refractivity contribution is 6.28. The molecule has 338 valence electrons. The van der Waals surface area contributed by atoms with Crippen molar-refractivity contribution in [2.24, 2.45) is 0 Å². The average molecular weight is 927 g/mol. The molecule has 0 aliphatic heterocycles. The summed E-state index contributed by atoms with van der Waals surface area (Å²) in [7, 11) is 0. The molecule has 12 rings (SSSR count). The Balaban J connectivity index is 1.10. The molecule has 4 nitrogen and oxygen atoms in total. The van der Waals surface area contributed by atoms with Gasteiger partial charge in [0.15, 0.2) is 5.69 Å². The maximum Gasteiger partial charge on any atom is 0.187 e. The van der Waals surface area contributed by atoms with E-state index in [2.05, 4.69) is 130 Å². The van der Waals surface area contributed by atoms with Gasteiger partial charge < -0.3 is 9.80 Å². The lowest BCUT2D eigenvalue weighted by molar-refractivity contribution is 0.627. The van der Waals surface area contributed by atoms with Gasteiger partial charge in [0.1, 0.15) is 11.6 Å². The van der Waals surface area contributed by atoms with Crippen molar-refractivity contribution in [1.82, 2.24) is 0 Å². The maximum absolute atomic E-state index is 15.6. The SMILES string of the molecule is [C-]#[N+]c1ccc(-c2cc(-c3ccccc3)cc(N(c3cccc(F)c3)c3ccc4ccc5c(N(c6cccc(F)c6)c6cc(-c7ccccc7)cc(-c7ccc(C#N)cc7)c6)ccc6ccc3c4c65)c2)cc1. The van der Waals surface area contributed by atoms with E-state index in [0.29, 0.717) is 22.6 Å². The van der Waals surface area contributed by atoms with E-state index in [1.807, 2.05) is 97.1 Å². The second-order valence-corrected chi connectivity index (χ2v) is 17.8. The van der Waals surface area contributed by atoms with E-state index in [1.54, 1.807) is 24.3 Å². The van der Waals surface area contributed by atoms with Crippen molar-refractivity contribution in [3.63, 3.8) is 0 Å². The molecule has 0 amide bonds. The Labute approximate surface area is 415 Å². The summed E-state index contributed by atoms with van der Waals surface area (Å²) in [6, 6.07) is 81.3. The summed E-state index contributed by atoms with van der Waals surface area (Å²) in [5.41, 5.74) is 13.6. The fourth-order valence-corrected chi connectivity index (χ4v) is 10.1. The zero-order valence-corrected chi connectivity index (χ0v) is 38.6. The van der Waals surface area contributed by atoms with Gasteiger partial charge in [-0.2, -0.15) is 5.26 Å². The van der Waals surface area contributed by atoms with Crippen LogP contribution in [0.2, 0.25) is 0 Å². The highest BCUT2D eigenvalue weighted by Crippen LogP contribution is 2.49. The molecule has 0 atom stereocenters. The monoisotopic (exact) mass is 926 g/mol. The van der Waals surface area contributed by atoms with Gasteiger partial charge in [0, 0.05) is 33.5 Å². The predicted molar refractivity (Wildman–Crippen MR) is 292 cm³/mol. The van der Waals surface area contributed by atoms with Gasteiger partial charge in [0.05, 0.1) is 29.6 Å². The van der Waals surface area contributed by atoms with Crippen molar-refractivity contribution in [1.29, 1.82) is 5.26 Å². The number of hydrogen-bond donors (Lipinski definition) is 0. The van der Waals surface area contributed by atoms with E-state index >= 15 is 8.78 Å². The fraction of sp³-hybridized carbons (Fsp3) is 0. The highest BCUT2D eigenvalue weighted by atomic mass is 19.1. The first-order valence-electron chi connectivity index (χ1n) is 23.6. The Morgan fingerprint density at radius 3 is 1.17 bits per heavy atom. The number of nitriles is 1. The van der Waals surface area contributed by atoms with Crippen LogP contribution in [0.25, 0.3) is 81.7 Å². The van der Waals surface area contributed by atoms with E-state index in [1.165, 1.54) is 12.1 Å². The van der Waals surface area contributed by atoms with Gasteiger partial charge in [-0.05, 0) is 163 Å². The van der Waals surface area contributed by atoms with Gasteiger partial charge in [0.2, 0.25) is 0 Å². The average Bonchev–Trinajstić information content (AvgIpc) is 3.43. The Morgan fingerprint density at radius 2 is 0.764 bits per heavy atom. The van der Waals surface area contributed by atoms with Gasteiger partial charge in [-0.3, -0.25) is 0 Å². The molecule has 0 saturated heterocycles. The van der Waals surface area contributed by atoms with Crippen molar-refractivity contribution in [2.75, 3.05) is 9.80 Å². The van der Waals surface area contributed by atoms with Gasteiger partial charge >= 0.3 is 0 Å². The van der Waals surface area contributed by atoms with E-state index in [-0.39, 0.29) is 11.6 Å². The summed E-state index contributed by atoms with van der Waals surface area (Å²) in [6.45, 7) is 7.58. The van der Waals surface area contributed by atoms with Gasteiger partial charge in [-0.1, -0.05) is 146 Å². The van der Waals surface area contributed by atoms with Gasteiger partial charge in [0.25, 0.3) is 0 Å². The fourth-order valence-electron chi connectivity index (χ4n) is 10.1. The first-order chi connectivity index (χ1) is 35.4. The van der Waals surface area contributed by atoms with Crippen LogP contribution in [0.3, 0.4) is 0 Å². The normalized spacial score (nSPS) is 11.2. The third-order valence-corrected chi connectivity index (χ3v) is 13.5. The molecule has 6 heteroatoms. The van der Waals surface area contributed by atoms with Crippen molar-refractivity contribution in [3.8, 4) is 50.6 Å². The van der Waals surface area contributed by atoms with E-state index in [4.69, 9.17) is 6.57 Å². The lowest BCUT2D eigenvalue weighted by Crippen LogP contribution is -2.12. The molecular weight excluding hydrogens is 887 g/mol. The van der Waals surface area contributed by atoms with Gasteiger partial charge in [-0.15, -0.1) is 0 Å². The van der Waals surface area contributed by atoms with Gasteiger partial charge in [-0.25, -0.2) is 13.6 Å². The third kappa shape index (κ3) is 7.99. The van der Waals surface area contributed by atoms with Crippen LogP contribution in [0, 0.1) is 29.5 Å². The summed E-state index contributed by atoms with van der Waals surface area (Å²) in [5, 5.41) is 15.7. The molecule has 0 aliphatic carbocycles. The standard InChI is InChI=1S/C66H40F2N4/c1-70-56-28-22-47(23-29-56)53-35-51(45-12-6-3-7-13-45)37-60(39-53)72(58-17-9-15-55(68)41-58)64-33-27-49-24-30-61-63(32-26-48-25-31-62(64)66(49)65(48)61)71(57-16-8-14-54(67)40-57)59-36-50(44-10-4-2-5-11-44)34-52(38-59)46-20-18-43(42-69)19-21-46/h2-41H. The summed E-state index contributed by atoms with van der Waals surface area (Å²) in [5.74, 6) is -0.714. The third-order valence-electron chi connectivity index (χ3n) is 13.5. The Bertz CT molecular complexity index is 3820. The van der Waals surface area contributed by atoms with E-state index in [0.717, 1.165) is 99.6 Å². The molecule has 0 heterocycles. The second-order valence-electron chi connectivity index (χ2n) is 17.8. The first-order valence-corrected chi connectivity index (χ1v) is 23.6. The highest BCUT2D eigenvalue weighted by Gasteiger charge is 2.24. The Kier molecular flexibility index (Phi) is 11.0. The summed E-state index contributed by atoms with van der Waals surface area (Å²) in [6.07, 6.45) is 0. The zero-order chi connectivity index (χ0) is 48.7. The van der Waals surface area contributed by atoms with Crippen LogP contribution in [0.1, 0.15) is 5.56 Å². The summed E-state index contributed by atoms with van der Waals surface area (Å²) in [4.78, 5) is 7.90. The summed E-state index contributed by atoms with van der Waals surface area (Å²) < 4.78 is 31.1. The summed E-state index contributed by atoms with van der Waals surface area (Å²) >= 11 is 0. The van der Waals surface area contributed by atoms with Crippen LogP contribution in [-0.2, 0) is 0 Å². The van der Waals surface area contributed by atoms with Crippen LogP contribution < -0.4 is 9.80 Å². The number of rotatable bonds is 10. The first kappa shape index (κ1) is 43.4. The minimum absolute atomic E-state index is 0.356. The molecule has 0 spiro atoms. The predicted octanol–water partition coefficient (Wildman–Crippen LogP) is 18.9. The van der Waals surface area contributed by atoms with Crippen LogP contribution in [0.5, 0.6) is 0 Å². The molecule has 72 heavy (non-hydrogen) atoms.